The van der Waals surface area contributed by atoms with Crippen LogP contribution >= 0.6 is 35.7 Å². The lowest BCUT2D eigenvalue weighted by Crippen LogP contribution is -2.42. The van der Waals surface area contributed by atoms with Gasteiger partial charge in [0.15, 0.2) is 17.6 Å². The first-order valence-corrected chi connectivity index (χ1v) is 9.43. The summed E-state index contributed by atoms with van der Waals surface area (Å²) in [6.45, 7) is 3.22. The second-order valence-electron chi connectivity index (χ2n) is 5.74. The zero-order chi connectivity index (χ0) is 16.7. The van der Waals surface area contributed by atoms with Gasteiger partial charge in [0.1, 0.15) is 0 Å². The number of halogens is 3. The molecule has 1 aromatic rings. The highest BCUT2D eigenvalue weighted by Crippen LogP contribution is 2.28. The van der Waals surface area contributed by atoms with Crippen molar-refractivity contribution in [2.75, 3.05) is 19.3 Å². The maximum Gasteiger partial charge on any atom is 0.191 e. The highest BCUT2D eigenvalue weighted by atomic mass is 127. The van der Waals surface area contributed by atoms with Crippen molar-refractivity contribution < 1.29 is 8.78 Å². The molecule has 2 unspecified atom stereocenters. The van der Waals surface area contributed by atoms with E-state index in [1.807, 2.05) is 18.7 Å². The maximum absolute atomic E-state index is 13.6. The van der Waals surface area contributed by atoms with Gasteiger partial charge < -0.3 is 10.6 Å². The van der Waals surface area contributed by atoms with E-state index in [0.29, 0.717) is 24.6 Å². The van der Waals surface area contributed by atoms with Crippen molar-refractivity contribution in [1.82, 2.24) is 10.6 Å². The third kappa shape index (κ3) is 6.38. The molecule has 0 spiro atoms. The predicted molar refractivity (Wildman–Crippen MR) is 110 cm³/mol. The molecule has 3 nitrogen and oxygen atoms in total. The van der Waals surface area contributed by atoms with Gasteiger partial charge in [-0.25, -0.2) is 8.78 Å². The quantitative estimate of drug-likeness (QED) is 0.376. The van der Waals surface area contributed by atoms with Crippen molar-refractivity contribution >= 4 is 41.7 Å². The van der Waals surface area contributed by atoms with E-state index in [-0.39, 0.29) is 24.0 Å². The Kier molecular flexibility index (Phi) is 9.95. The number of benzene rings is 1. The summed E-state index contributed by atoms with van der Waals surface area (Å²) >= 11 is 1.92. The molecule has 1 aliphatic rings. The van der Waals surface area contributed by atoms with Crippen LogP contribution in [0, 0.1) is 11.6 Å². The van der Waals surface area contributed by atoms with E-state index in [9.17, 15) is 8.78 Å². The van der Waals surface area contributed by atoms with E-state index < -0.39 is 11.6 Å². The Balaban J connectivity index is 0.00000288. The number of thioether (sulfide) groups is 1. The van der Waals surface area contributed by atoms with Gasteiger partial charge in [0.2, 0.25) is 0 Å². The molecule has 1 aliphatic carbocycles. The smallest absolute Gasteiger partial charge is 0.191 e. The van der Waals surface area contributed by atoms with Crippen molar-refractivity contribution in [3.8, 4) is 0 Å². The summed E-state index contributed by atoms with van der Waals surface area (Å²) in [5.41, 5.74) is 0.368. The number of rotatable bonds is 6. The van der Waals surface area contributed by atoms with Gasteiger partial charge in [0.05, 0.1) is 0 Å². The van der Waals surface area contributed by atoms with Crippen LogP contribution in [0.5, 0.6) is 0 Å². The lowest BCUT2D eigenvalue weighted by atomic mass is 10.1. The predicted octanol–water partition coefficient (Wildman–Crippen LogP) is 3.96. The molecular formula is C17H26F2IN3S. The summed E-state index contributed by atoms with van der Waals surface area (Å²) in [4.78, 5) is 4.49. The number of nitrogens with zero attached hydrogens (tertiary/aromatic N) is 1. The molecule has 2 atom stereocenters. The van der Waals surface area contributed by atoms with Crippen LogP contribution in [0.25, 0.3) is 0 Å². The molecule has 0 aromatic heterocycles. The Hall–Kier alpha value is -0.570. The van der Waals surface area contributed by atoms with Gasteiger partial charge in [-0.05, 0) is 50.5 Å². The van der Waals surface area contributed by atoms with Gasteiger partial charge in [-0.2, -0.15) is 11.8 Å². The second kappa shape index (κ2) is 11.1. The summed E-state index contributed by atoms with van der Waals surface area (Å²) in [5, 5.41) is 7.39. The number of nitrogens with one attached hydrogen (secondary N) is 2. The molecule has 1 fully saturated rings. The summed E-state index contributed by atoms with van der Waals surface area (Å²) < 4.78 is 26.8. The molecule has 0 radical (unpaired) electrons. The van der Waals surface area contributed by atoms with E-state index in [2.05, 4.69) is 21.9 Å². The van der Waals surface area contributed by atoms with Crippen LogP contribution in [0.2, 0.25) is 0 Å². The van der Waals surface area contributed by atoms with Crippen LogP contribution in [0.4, 0.5) is 8.78 Å². The van der Waals surface area contributed by atoms with Crippen LogP contribution in [-0.4, -0.2) is 36.6 Å². The molecule has 24 heavy (non-hydrogen) atoms. The third-order valence-corrected chi connectivity index (χ3v) is 5.18. The Labute approximate surface area is 164 Å². The molecule has 1 saturated carbocycles. The fraction of sp³-hybridized carbons (Fsp3) is 0.588. The first-order valence-electron chi connectivity index (χ1n) is 8.14. The molecule has 7 heteroatoms. The number of guanidine groups is 1. The van der Waals surface area contributed by atoms with Crippen LogP contribution in [0.1, 0.15) is 31.7 Å². The molecule has 1 aromatic carbocycles. The minimum absolute atomic E-state index is 0. The van der Waals surface area contributed by atoms with Gasteiger partial charge in [-0.1, -0.05) is 12.1 Å². The molecule has 0 aliphatic heterocycles. The first-order chi connectivity index (χ1) is 11.1. The van der Waals surface area contributed by atoms with Crippen LogP contribution in [-0.2, 0) is 6.42 Å². The lowest BCUT2D eigenvalue weighted by molar-refractivity contribution is 0.499. The molecule has 2 N–H and O–H groups in total. The lowest BCUT2D eigenvalue weighted by Gasteiger charge is -2.17. The minimum atomic E-state index is -0.800. The fourth-order valence-electron chi connectivity index (χ4n) is 2.83. The molecular weight excluding hydrogens is 443 g/mol. The van der Waals surface area contributed by atoms with Crippen molar-refractivity contribution in [3.63, 3.8) is 0 Å². The van der Waals surface area contributed by atoms with Crippen LogP contribution < -0.4 is 10.6 Å². The van der Waals surface area contributed by atoms with E-state index in [0.717, 1.165) is 36.7 Å². The SMILES string of the molecule is CCNC(=NCCc1cccc(F)c1F)NC1CCC(SC)C1.I. The fourth-order valence-corrected chi connectivity index (χ4v) is 3.62. The molecule has 136 valence electrons. The van der Waals surface area contributed by atoms with E-state index >= 15 is 0 Å². The molecule has 0 bridgehead atoms. The van der Waals surface area contributed by atoms with Crippen molar-refractivity contribution in [2.24, 2.45) is 4.99 Å². The van der Waals surface area contributed by atoms with Crippen molar-refractivity contribution in [1.29, 1.82) is 0 Å². The topological polar surface area (TPSA) is 36.4 Å². The summed E-state index contributed by atoms with van der Waals surface area (Å²) in [7, 11) is 0. The number of aliphatic imine (C=N–C) groups is 1. The Morgan fingerprint density at radius 2 is 2.12 bits per heavy atom. The number of hydrogen-bond acceptors (Lipinski definition) is 2. The zero-order valence-corrected chi connectivity index (χ0v) is 17.3. The van der Waals surface area contributed by atoms with E-state index in [1.165, 1.54) is 12.5 Å². The summed E-state index contributed by atoms with van der Waals surface area (Å²) in [5.74, 6) is -0.805. The van der Waals surface area contributed by atoms with Gasteiger partial charge >= 0.3 is 0 Å². The van der Waals surface area contributed by atoms with Crippen LogP contribution in [0.15, 0.2) is 23.2 Å². The van der Waals surface area contributed by atoms with E-state index in [1.54, 1.807) is 6.07 Å². The Morgan fingerprint density at radius 3 is 2.79 bits per heavy atom. The molecule has 2 rings (SSSR count). The largest absolute Gasteiger partial charge is 0.357 e. The molecule has 0 heterocycles. The van der Waals surface area contributed by atoms with Crippen molar-refractivity contribution in [2.45, 2.75) is 43.9 Å². The molecule has 0 saturated heterocycles. The van der Waals surface area contributed by atoms with Crippen LogP contribution in [0.3, 0.4) is 0 Å². The Morgan fingerprint density at radius 1 is 1.33 bits per heavy atom. The Bertz CT molecular complexity index is 543. The van der Waals surface area contributed by atoms with Gasteiger partial charge in [-0.15, -0.1) is 24.0 Å². The third-order valence-electron chi connectivity index (χ3n) is 4.09. The highest BCUT2D eigenvalue weighted by Gasteiger charge is 2.24. The average molecular weight is 469 g/mol. The highest BCUT2D eigenvalue weighted by molar-refractivity contribution is 14.0. The average Bonchev–Trinajstić information content (AvgIpc) is 2.99. The summed E-state index contributed by atoms with van der Waals surface area (Å²) in [6.07, 6.45) is 6.06. The molecule has 0 amide bonds. The summed E-state index contributed by atoms with van der Waals surface area (Å²) in [6, 6.07) is 4.71. The second-order valence-corrected chi connectivity index (χ2v) is 6.87. The van der Waals surface area contributed by atoms with E-state index in [4.69, 9.17) is 0 Å². The zero-order valence-electron chi connectivity index (χ0n) is 14.1. The van der Waals surface area contributed by atoms with Gasteiger partial charge in [-0.3, -0.25) is 4.99 Å². The van der Waals surface area contributed by atoms with Crippen molar-refractivity contribution in [3.05, 3.63) is 35.4 Å². The minimum Gasteiger partial charge on any atom is -0.357 e. The van der Waals surface area contributed by atoms with Gasteiger partial charge in [0, 0.05) is 24.4 Å². The monoisotopic (exact) mass is 469 g/mol. The standard InChI is InChI=1S/C17H25F2N3S.HI/c1-3-20-17(22-13-7-8-14(11-13)23-2)21-10-9-12-5-4-6-15(18)16(12)19;/h4-6,13-14H,3,7-11H2,1-2H3,(H2,20,21,22);1H. The first kappa shape index (κ1) is 21.5. The maximum atomic E-state index is 13.6. The number of hydrogen-bond donors (Lipinski definition) is 2. The van der Waals surface area contributed by atoms with Gasteiger partial charge in [0.25, 0.3) is 0 Å². The normalized spacial score (nSPS) is 20.6.